The summed E-state index contributed by atoms with van der Waals surface area (Å²) < 4.78 is 2.14. The molecule has 2 amide bonds. The fraction of sp³-hybridized carbons (Fsp3) is 0.462. The van der Waals surface area contributed by atoms with Gasteiger partial charge in [0.05, 0.1) is 0 Å². The molecule has 31 heavy (non-hydrogen) atoms. The lowest BCUT2D eigenvalue weighted by atomic mass is 9.93. The molecular weight excluding hydrogens is 384 g/mol. The quantitative estimate of drug-likeness (QED) is 0.463. The van der Waals surface area contributed by atoms with E-state index in [2.05, 4.69) is 84.4 Å². The molecule has 5 heteroatoms. The first kappa shape index (κ1) is 21.4. The molecular formula is C26H34N4O. The van der Waals surface area contributed by atoms with Crippen LogP contribution >= 0.6 is 0 Å². The molecule has 1 saturated carbocycles. The number of aromatic nitrogens is 2. The highest BCUT2D eigenvalue weighted by atomic mass is 16.2. The van der Waals surface area contributed by atoms with Crippen molar-refractivity contribution in [2.75, 3.05) is 5.32 Å². The minimum Gasteiger partial charge on any atom is -0.317 e. The Morgan fingerprint density at radius 1 is 1.00 bits per heavy atom. The van der Waals surface area contributed by atoms with Gasteiger partial charge in [-0.25, -0.2) is 9.78 Å². The van der Waals surface area contributed by atoms with Gasteiger partial charge >= 0.3 is 6.03 Å². The van der Waals surface area contributed by atoms with Gasteiger partial charge in [-0.05, 0) is 59.9 Å². The van der Waals surface area contributed by atoms with E-state index >= 15 is 0 Å². The topological polar surface area (TPSA) is 59.0 Å². The first-order valence-electron chi connectivity index (χ1n) is 11.6. The van der Waals surface area contributed by atoms with Crippen molar-refractivity contribution in [3.8, 4) is 0 Å². The number of hydrogen-bond donors (Lipinski definition) is 2. The van der Waals surface area contributed by atoms with E-state index < -0.39 is 0 Å². The maximum absolute atomic E-state index is 13.3. The lowest BCUT2D eigenvalue weighted by Crippen LogP contribution is -2.39. The number of para-hydroxylation sites is 1. The fourth-order valence-electron chi connectivity index (χ4n) is 4.88. The highest BCUT2D eigenvalue weighted by Crippen LogP contribution is 2.35. The first-order valence-corrected chi connectivity index (χ1v) is 11.6. The van der Waals surface area contributed by atoms with E-state index in [-0.39, 0.29) is 12.2 Å². The number of amides is 2. The molecule has 164 valence electrons. The summed E-state index contributed by atoms with van der Waals surface area (Å²) >= 11 is 0. The Kier molecular flexibility index (Phi) is 6.30. The van der Waals surface area contributed by atoms with E-state index in [0.717, 1.165) is 29.6 Å². The molecule has 2 N–H and O–H groups in total. The predicted molar refractivity (Wildman–Crippen MR) is 128 cm³/mol. The zero-order valence-corrected chi connectivity index (χ0v) is 19.1. The third kappa shape index (κ3) is 4.46. The molecule has 0 saturated heterocycles. The molecule has 4 rings (SSSR count). The Labute approximate surface area is 185 Å². The third-order valence-corrected chi connectivity index (χ3v) is 6.51. The molecule has 2 heterocycles. The lowest BCUT2D eigenvalue weighted by molar-refractivity contribution is 0.229. The second-order valence-electron chi connectivity index (χ2n) is 9.35. The highest BCUT2D eigenvalue weighted by molar-refractivity contribution is 5.91. The molecule has 0 spiro atoms. The summed E-state index contributed by atoms with van der Waals surface area (Å²) in [4.78, 5) is 17.9. The second-order valence-corrected chi connectivity index (χ2v) is 9.35. The normalized spacial score (nSPS) is 15.7. The SMILES string of the molecule is CC(C)c1cccc(C(C)C)c1NC(=O)NC(C1CCCC1)n1ccc2cccnc21. The maximum Gasteiger partial charge on any atom is 0.320 e. The Hall–Kier alpha value is -2.82. The van der Waals surface area contributed by atoms with Crippen molar-refractivity contribution in [1.82, 2.24) is 14.9 Å². The van der Waals surface area contributed by atoms with Gasteiger partial charge in [0.1, 0.15) is 11.8 Å². The van der Waals surface area contributed by atoms with Crippen LogP contribution in [-0.2, 0) is 0 Å². The molecule has 1 aromatic carbocycles. The Bertz CT molecular complexity index is 1020. The summed E-state index contributed by atoms with van der Waals surface area (Å²) in [6.07, 6.45) is 8.44. The lowest BCUT2D eigenvalue weighted by Gasteiger charge is -2.28. The van der Waals surface area contributed by atoms with Crippen LogP contribution in [0.25, 0.3) is 11.0 Å². The average Bonchev–Trinajstić information content (AvgIpc) is 3.42. The molecule has 0 radical (unpaired) electrons. The van der Waals surface area contributed by atoms with E-state index in [9.17, 15) is 4.79 Å². The highest BCUT2D eigenvalue weighted by Gasteiger charge is 2.29. The van der Waals surface area contributed by atoms with Gasteiger partial charge in [-0.15, -0.1) is 0 Å². The van der Waals surface area contributed by atoms with Crippen LogP contribution in [0.5, 0.6) is 0 Å². The van der Waals surface area contributed by atoms with Crippen LogP contribution in [0.3, 0.4) is 0 Å². The zero-order chi connectivity index (χ0) is 22.0. The van der Waals surface area contributed by atoms with Gasteiger partial charge in [0.2, 0.25) is 0 Å². The van der Waals surface area contributed by atoms with Crippen molar-refractivity contribution in [2.24, 2.45) is 5.92 Å². The smallest absolute Gasteiger partial charge is 0.317 e. The van der Waals surface area contributed by atoms with Crippen molar-refractivity contribution in [2.45, 2.75) is 71.4 Å². The average molecular weight is 419 g/mol. The van der Waals surface area contributed by atoms with Crippen molar-refractivity contribution >= 4 is 22.8 Å². The van der Waals surface area contributed by atoms with Crippen LogP contribution in [0.1, 0.15) is 82.5 Å². The zero-order valence-electron chi connectivity index (χ0n) is 19.1. The molecule has 1 atom stereocenters. The molecule has 1 unspecified atom stereocenters. The van der Waals surface area contributed by atoms with Gasteiger partial charge < -0.3 is 15.2 Å². The Morgan fingerprint density at radius 2 is 1.68 bits per heavy atom. The number of fused-ring (bicyclic) bond motifs is 1. The summed E-state index contributed by atoms with van der Waals surface area (Å²) in [5.74, 6) is 1.07. The van der Waals surface area contributed by atoms with Crippen LogP contribution in [-0.4, -0.2) is 15.6 Å². The number of hydrogen-bond acceptors (Lipinski definition) is 2. The number of pyridine rings is 1. The number of carbonyl (C=O) groups excluding carboxylic acids is 1. The second kappa shape index (κ2) is 9.13. The summed E-state index contributed by atoms with van der Waals surface area (Å²) in [6, 6.07) is 12.3. The number of urea groups is 1. The summed E-state index contributed by atoms with van der Waals surface area (Å²) in [6.45, 7) is 8.67. The molecule has 0 bridgehead atoms. The first-order chi connectivity index (χ1) is 15.0. The Balaban J connectivity index is 1.64. The number of nitrogens with zero attached hydrogens (tertiary/aromatic N) is 2. The summed E-state index contributed by atoms with van der Waals surface area (Å²) in [5.41, 5.74) is 4.22. The van der Waals surface area contributed by atoms with E-state index in [1.165, 1.54) is 24.0 Å². The van der Waals surface area contributed by atoms with Crippen LogP contribution in [0.2, 0.25) is 0 Å². The molecule has 1 fully saturated rings. The fourth-order valence-corrected chi connectivity index (χ4v) is 4.88. The van der Waals surface area contributed by atoms with Crippen molar-refractivity contribution in [3.05, 3.63) is 59.9 Å². The number of carbonyl (C=O) groups is 1. The molecule has 1 aliphatic rings. The van der Waals surface area contributed by atoms with Crippen molar-refractivity contribution in [3.63, 3.8) is 0 Å². The molecule has 3 aromatic rings. The molecule has 2 aromatic heterocycles. The molecule has 1 aliphatic carbocycles. The minimum absolute atomic E-state index is 0.108. The number of nitrogens with one attached hydrogen (secondary N) is 2. The number of benzene rings is 1. The molecule has 0 aliphatic heterocycles. The standard InChI is InChI=1S/C26H34N4O/c1-17(2)21-12-7-13-22(18(3)4)23(21)28-26(31)29-25(19-9-5-6-10-19)30-16-14-20-11-8-15-27-24(20)30/h7-8,11-19,25H,5-6,9-10H2,1-4H3,(H2,28,29,31). The number of rotatable bonds is 6. The minimum atomic E-state index is -0.148. The van der Waals surface area contributed by atoms with Crippen LogP contribution in [0.15, 0.2) is 48.8 Å². The van der Waals surface area contributed by atoms with Crippen LogP contribution in [0.4, 0.5) is 10.5 Å². The van der Waals surface area contributed by atoms with E-state index in [4.69, 9.17) is 0 Å². The van der Waals surface area contributed by atoms with Crippen molar-refractivity contribution < 1.29 is 4.79 Å². The Morgan fingerprint density at radius 3 is 2.32 bits per heavy atom. The van der Waals surface area contributed by atoms with Gasteiger partial charge in [-0.2, -0.15) is 0 Å². The monoisotopic (exact) mass is 418 g/mol. The van der Waals surface area contributed by atoms with E-state index in [1.54, 1.807) is 0 Å². The summed E-state index contributed by atoms with van der Waals surface area (Å²) in [5, 5.41) is 7.63. The van der Waals surface area contributed by atoms with Gasteiger partial charge in [-0.3, -0.25) is 0 Å². The van der Waals surface area contributed by atoms with Gasteiger partial charge in [0, 0.05) is 23.5 Å². The largest absolute Gasteiger partial charge is 0.320 e. The third-order valence-electron chi connectivity index (χ3n) is 6.51. The van der Waals surface area contributed by atoms with Crippen LogP contribution < -0.4 is 10.6 Å². The number of anilines is 1. The van der Waals surface area contributed by atoms with E-state index in [1.807, 2.05) is 12.3 Å². The van der Waals surface area contributed by atoms with Gasteiger partial charge in [-0.1, -0.05) is 58.7 Å². The van der Waals surface area contributed by atoms with E-state index in [0.29, 0.717) is 17.8 Å². The predicted octanol–water partition coefficient (Wildman–Crippen LogP) is 6.79. The van der Waals surface area contributed by atoms with Gasteiger partial charge in [0.25, 0.3) is 0 Å². The van der Waals surface area contributed by atoms with Gasteiger partial charge in [0.15, 0.2) is 0 Å². The molecule has 5 nitrogen and oxygen atoms in total. The van der Waals surface area contributed by atoms with Crippen molar-refractivity contribution in [1.29, 1.82) is 0 Å². The van der Waals surface area contributed by atoms with Crippen LogP contribution in [0, 0.1) is 5.92 Å². The summed E-state index contributed by atoms with van der Waals surface area (Å²) in [7, 11) is 0. The maximum atomic E-state index is 13.3.